The van der Waals surface area contributed by atoms with Crippen molar-refractivity contribution in [2.24, 2.45) is 11.7 Å². The maximum atomic E-state index is 12.3. The van der Waals surface area contributed by atoms with Crippen molar-refractivity contribution >= 4 is 29.5 Å². The van der Waals surface area contributed by atoms with Crippen molar-refractivity contribution in [1.29, 1.82) is 0 Å². The van der Waals surface area contributed by atoms with Crippen LogP contribution in [0.15, 0.2) is 18.2 Å². The lowest BCUT2D eigenvalue weighted by Crippen LogP contribution is -2.51. The summed E-state index contributed by atoms with van der Waals surface area (Å²) in [6, 6.07) is 4.80. The van der Waals surface area contributed by atoms with Crippen LogP contribution in [-0.2, 0) is 25.7 Å². The van der Waals surface area contributed by atoms with Gasteiger partial charge in [0.1, 0.15) is 6.61 Å². The molecule has 1 aromatic rings. The van der Waals surface area contributed by atoms with Crippen molar-refractivity contribution in [2.75, 3.05) is 18.4 Å². The molecular weight excluding hydrogens is 450 g/mol. The molecule has 35 heavy (non-hydrogen) atoms. The van der Waals surface area contributed by atoms with Gasteiger partial charge in [0.25, 0.3) is 0 Å². The molecule has 1 rings (SSSR count). The smallest absolute Gasteiger partial charge is 0.312 e. The summed E-state index contributed by atoms with van der Waals surface area (Å²) in [5.41, 5.74) is 7.09. The summed E-state index contributed by atoms with van der Waals surface area (Å²) in [4.78, 5) is 45.7. The minimum absolute atomic E-state index is 0.100. The Kier molecular flexibility index (Phi) is 15.8. The number of nitrogens with two attached hydrogens (primary N) is 1. The lowest BCUT2D eigenvalue weighted by atomic mass is 10.0. The number of hydrogen-bond acceptors (Lipinski definition) is 6. The van der Waals surface area contributed by atoms with Gasteiger partial charge < -0.3 is 31.7 Å². The Labute approximate surface area is 209 Å². The normalized spacial score (nSPS) is 11.2. The average Bonchev–Trinajstić information content (AvgIpc) is 2.79. The fourth-order valence-electron chi connectivity index (χ4n) is 2.87. The van der Waals surface area contributed by atoms with Crippen molar-refractivity contribution in [1.82, 2.24) is 16.0 Å². The van der Waals surface area contributed by atoms with E-state index in [1.807, 2.05) is 47.6 Å². The third-order valence-corrected chi connectivity index (χ3v) is 4.69. The maximum absolute atomic E-state index is 12.3. The zero-order chi connectivity index (χ0) is 27.0. The van der Waals surface area contributed by atoms with Crippen LogP contribution in [-0.4, -0.2) is 49.0 Å². The van der Waals surface area contributed by atoms with Gasteiger partial charge in [0.05, 0.1) is 12.6 Å². The number of urea groups is 1. The van der Waals surface area contributed by atoms with E-state index >= 15 is 0 Å². The molecule has 0 radical (unpaired) electrons. The second-order valence-electron chi connectivity index (χ2n) is 8.76. The van der Waals surface area contributed by atoms with E-state index in [4.69, 9.17) is 10.5 Å². The van der Waals surface area contributed by atoms with E-state index in [2.05, 4.69) is 21.3 Å². The van der Waals surface area contributed by atoms with Crippen molar-refractivity contribution in [2.45, 2.75) is 80.0 Å². The van der Waals surface area contributed by atoms with Crippen LogP contribution in [0.3, 0.4) is 0 Å². The highest BCUT2D eigenvalue weighted by Crippen LogP contribution is 2.17. The van der Waals surface area contributed by atoms with E-state index in [0.29, 0.717) is 18.7 Å². The molecule has 198 valence electrons. The van der Waals surface area contributed by atoms with Gasteiger partial charge in [0.2, 0.25) is 11.8 Å². The molecule has 0 aromatic heterocycles. The average molecular weight is 494 g/mol. The first-order valence-corrected chi connectivity index (χ1v) is 12.0. The fourth-order valence-corrected chi connectivity index (χ4v) is 2.87. The van der Waals surface area contributed by atoms with Crippen LogP contribution in [0.1, 0.15) is 65.5 Å². The van der Waals surface area contributed by atoms with E-state index in [1.165, 1.54) is 0 Å². The molecule has 1 unspecified atom stereocenters. The third-order valence-electron chi connectivity index (χ3n) is 4.69. The topological polar surface area (TPSA) is 152 Å². The van der Waals surface area contributed by atoms with Crippen molar-refractivity contribution in [3.63, 3.8) is 0 Å². The number of carbonyl (C=O) groups is 4. The quantitative estimate of drug-likeness (QED) is 0.282. The van der Waals surface area contributed by atoms with Crippen LogP contribution in [0.5, 0.6) is 0 Å². The Balaban J connectivity index is 0.00000143. The third kappa shape index (κ3) is 14.7. The Hall–Kier alpha value is -3.14. The summed E-state index contributed by atoms with van der Waals surface area (Å²) >= 11 is 0. The summed E-state index contributed by atoms with van der Waals surface area (Å²) in [7, 11) is 0. The van der Waals surface area contributed by atoms with Gasteiger partial charge in [-0.25, -0.2) is 4.79 Å². The number of benzene rings is 1. The van der Waals surface area contributed by atoms with Gasteiger partial charge in [-0.1, -0.05) is 53.7 Å². The summed E-state index contributed by atoms with van der Waals surface area (Å²) in [5, 5.41) is 11.1. The molecule has 0 saturated heterocycles. The van der Waals surface area contributed by atoms with Crippen molar-refractivity contribution < 1.29 is 23.9 Å². The summed E-state index contributed by atoms with van der Waals surface area (Å²) in [6.07, 6.45) is 1.27. The molecule has 0 aliphatic heterocycles. The lowest BCUT2D eigenvalue weighted by Gasteiger charge is -2.23. The Morgan fingerprint density at radius 2 is 1.69 bits per heavy atom. The number of amides is 4. The summed E-state index contributed by atoms with van der Waals surface area (Å²) in [5.74, 6) is -0.628. The Bertz CT molecular complexity index is 826. The van der Waals surface area contributed by atoms with Crippen molar-refractivity contribution in [3.05, 3.63) is 29.3 Å². The van der Waals surface area contributed by atoms with Gasteiger partial charge in [-0.2, -0.15) is 0 Å². The van der Waals surface area contributed by atoms with Crippen LogP contribution >= 0.6 is 0 Å². The molecule has 0 aliphatic carbocycles. The van der Waals surface area contributed by atoms with Crippen LogP contribution in [0.25, 0.3) is 0 Å². The van der Waals surface area contributed by atoms with E-state index in [0.717, 1.165) is 17.5 Å². The number of ether oxygens (including phenoxy) is 1. The van der Waals surface area contributed by atoms with Crippen LogP contribution in [0.2, 0.25) is 0 Å². The molecule has 1 aromatic carbocycles. The SMILES string of the molecule is CCC(=O)OCc1ccc(NC(=O)CNC(=O)C(NC(C)C)C(C)C)c(C)c1.CCCNC(N)=O. The molecule has 6 N–H and O–H groups in total. The number of rotatable bonds is 12. The molecule has 0 bridgehead atoms. The molecule has 0 saturated carbocycles. The highest BCUT2D eigenvalue weighted by atomic mass is 16.5. The van der Waals surface area contributed by atoms with Crippen molar-refractivity contribution in [3.8, 4) is 0 Å². The Morgan fingerprint density at radius 3 is 2.14 bits per heavy atom. The minimum atomic E-state index is -0.443. The zero-order valence-electron chi connectivity index (χ0n) is 22.1. The van der Waals surface area contributed by atoms with Gasteiger partial charge in [0, 0.05) is 24.7 Å². The number of aryl methyl sites for hydroxylation is 1. The molecule has 0 spiro atoms. The van der Waals surface area contributed by atoms with Crippen LogP contribution < -0.4 is 27.0 Å². The first-order valence-electron chi connectivity index (χ1n) is 12.0. The zero-order valence-corrected chi connectivity index (χ0v) is 22.1. The Morgan fingerprint density at radius 1 is 1.03 bits per heavy atom. The molecule has 10 nitrogen and oxygen atoms in total. The lowest BCUT2D eigenvalue weighted by molar-refractivity contribution is -0.144. The number of anilines is 1. The summed E-state index contributed by atoms with van der Waals surface area (Å²) < 4.78 is 5.11. The molecule has 0 fully saturated rings. The fraction of sp³-hybridized carbons (Fsp3) is 0.600. The molecule has 0 heterocycles. The maximum Gasteiger partial charge on any atom is 0.312 e. The highest BCUT2D eigenvalue weighted by Gasteiger charge is 2.22. The minimum Gasteiger partial charge on any atom is -0.461 e. The van der Waals surface area contributed by atoms with Gasteiger partial charge in [-0.15, -0.1) is 0 Å². The monoisotopic (exact) mass is 493 g/mol. The van der Waals surface area contributed by atoms with Crippen LogP contribution in [0, 0.1) is 12.8 Å². The summed E-state index contributed by atoms with van der Waals surface area (Å²) in [6.45, 7) is 14.2. The van der Waals surface area contributed by atoms with Gasteiger partial charge in [-0.3, -0.25) is 14.4 Å². The predicted octanol–water partition coefficient (Wildman–Crippen LogP) is 2.59. The molecule has 10 heteroatoms. The molecule has 0 aliphatic rings. The number of nitrogens with one attached hydrogen (secondary N) is 4. The number of carbonyl (C=O) groups excluding carboxylic acids is 4. The number of hydrogen-bond donors (Lipinski definition) is 5. The van der Waals surface area contributed by atoms with E-state index in [1.54, 1.807) is 19.1 Å². The first-order chi connectivity index (χ1) is 16.4. The first kappa shape index (κ1) is 31.9. The number of primary amides is 1. The molecule has 1 atom stereocenters. The van der Waals surface area contributed by atoms with Gasteiger partial charge >= 0.3 is 12.0 Å². The van der Waals surface area contributed by atoms with E-state index in [-0.39, 0.29) is 48.9 Å². The van der Waals surface area contributed by atoms with Crippen LogP contribution in [0.4, 0.5) is 10.5 Å². The highest BCUT2D eigenvalue weighted by molar-refractivity contribution is 5.95. The van der Waals surface area contributed by atoms with E-state index < -0.39 is 6.03 Å². The molecule has 4 amide bonds. The number of esters is 1. The predicted molar refractivity (Wildman–Crippen MR) is 138 cm³/mol. The second-order valence-corrected chi connectivity index (χ2v) is 8.76. The second kappa shape index (κ2) is 17.3. The van der Waals surface area contributed by atoms with Gasteiger partial charge in [-0.05, 0) is 36.5 Å². The largest absolute Gasteiger partial charge is 0.461 e. The van der Waals surface area contributed by atoms with Gasteiger partial charge in [0.15, 0.2) is 0 Å². The standard InChI is InChI=1S/C21H33N3O4.C4H10N2O/c1-7-19(26)28-12-16-8-9-17(15(6)10-16)24-18(25)11-22-21(27)20(13(2)3)23-14(4)5;1-2-3-6-4(5)7/h8-10,13-14,20,23H,7,11-12H2,1-6H3,(H,22,27)(H,24,25);2-3H2,1H3,(H3,5,6,7). The van der Waals surface area contributed by atoms with E-state index in [9.17, 15) is 19.2 Å². The molecular formula is C25H43N5O5.